The minimum atomic E-state index is -2.95. The van der Waals surface area contributed by atoms with Gasteiger partial charge in [-0.2, -0.15) is 8.78 Å². The summed E-state index contributed by atoms with van der Waals surface area (Å²) >= 11 is 1.18. The number of aromatic nitrogens is 1. The van der Waals surface area contributed by atoms with Crippen molar-refractivity contribution >= 4 is 33.8 Å². The summed E-state index contributed by atoms with van der Waals surface area (Å²) in [5.74, 6) is -0.221. The first-order valence-electron chi connectivity index (χ1n) is 9.20. The molecule has 0 spiro atoms. The van der Waals surface area contributed by atoms with Crippen LogP contribution in [0.2, 0.25) is 0 Å². The molecular weight excluding hydrogens is 430 g/mol. The molecule has 0 bridgehead atoms. The van der Waals surface area contributed by atoms with E-state index in [-0.39, 0.29) is 23.8 Å². The summed E-state index contributed by atoms with van der Waals surface area (Å²) in [6.45, 7) is -2.44. The Labute approximate surface area is 180 Å². The zero-order valence-electron chi connectivity index (χ0n) is 16.1. The van der Waals surface area contributed by atoms with Gasteiger partial charge in [-0.3, -0.25) is 14.9 Å². The van der Waals surface area contributed by atoms with Crippen molar-refractivity contribution in [1.82, 2.24) is 4.98 Å². The molecule has 0 saturated carbocycles. The van der Waals surface area contributed by atoms with Gasteiger partial charge in [-0.25, -0.2) is 4.98 Å². The van der Waals surface area contributed by atoms with Gasteiger partial charge in [0.1, 0.15) is 5.75 Å². The highest BCUT2D eigenvalue weighted by molar-refractivity contribution is 7.14. The number of alkyl halides is 2. The van der Waals surface area contributed by atoms with Crippen LogP contribution >= 0.6 is 11.3 Å². The molecule has 1 heterocycles. The largest absolute Gasteiger partial charge is 0.434 e. The molecular formula is C20H18F2N4O4S. The van der Waals surface area contributed by atoms with Crippen LogP contribution in [-0.4, -0.2) is 29.0 Å². The molecule has 0 aliphatic rings. The van der Waals surface area contributed by atoms with E-state index in [2.05, 4.69) is 20.4 Å². The molecule has 11 heteroatoms. The number of halogens is 2. The second kappa shape index (κ2) is 10.4. The number of amides is 1. The van der Waals surface area contributed by atoms with Crippen LogP contribution in [0.3, 0.4) is 0 Å². The van der Waals surface area contributed by atoms with Crippen molar-refractivity contribution in [3.63, 3.8) is 0 Å². The standard InChI is InChI=1S/C20H18F2N4O4S/c21-19(22)30-17-5-2-1-4-15(17)16-12-31-20(24-16)25-18(27)6-3-11-23-13-7-9-14(10-8-13)26(28)29/h1-2,4-5,7-10,12,19,23H,3,6,11H2,(H,24,25,27). The van der Waals surface area contributed by atoms with Crippen molar-refractivity contribution in [3.8, 4) is 17.0 Å². The number of carbonyl (C=O) groups is 1. The average Bonchev–Trinajstić information content (AvgIpc) is 3.19. The molecule has 0 aliphatic carbocycles. The molecule has 1 aromatic heterocycles. The quantitative estimate of drug-likeness (QED) is 0.252. The van der Waals surface area contributed by atoms with Crippen molar-refractivity contribution < 1.29 is 23.2 Å². The molecule has 0 atom stereocenters. The number of nitrogens with one attached hydrogen (secondary N) is 2. The lowest BCUT2D eigenvalue weighted by molar-refractivity contribution is -0.384. The van der Waals surface area contributed by atoms with Crippen LogP contribution in [0.1, 0.15) is 12.8 Å². The fourth-order valence-corrected chi connectivity index (χ4v) is 3.42. The Morgan fingerprint density at radius 1 is 1.19 bits per heavy atom. The molecule has 0 unspecified atom stereocenters. The lowest BCUT2D eigenvalue weighted by Gasteiger charge is -2.08. The first-order chi connectivity index (χ1) is 14.9. The molecule has 0 fully saturated rings. The van der Waals surface area contributed by atoms with E-state index in [0.29, 0.717) is 29.4 Å². The average molecular weight is 448 g/mol. The third-order valence-electron chi connectivity index (χ3n) is 4.12. The second-order valence-corrected chi connectivity index (χ2v) is 7.15. The van der Waals surface area contributed by atoms with E-state index in [9.17, 15) is 23.7 Å². The summed E-state index contributed by atoms with van der Waals surface area (Å²) < 4.78 is 29.7. The monoisotopic (exact) mass is 448 g/mol. The molecule has 162 valence electrons. The second-order valence-electron chi connectivity index (χ2n) is 6.30. The van der Waals surface area contributed by atoms with Crippen LogP contribution < -0.4 is 15.4 Å². The molecule has 1 amide bonds. The summed E-state index contributed by atoms with van der Waals surface area (Å²) in [5.41, 5.74) is 1.57. The Balaban J connectivity index is 1.47. The third kappa shape index (κ3) is 6.44. The first kappa shape index (κ1) is 22.1. The third-order valence-corrected chi connectivity index (χ3v) is 4.88. The Morgan fingerprint density at radius 2 is 1.94 bits per heavy atom. The maximum absolute atomic E-state index is 12.6. The number of nitro benzene ring substituents is 1. The van der Waals surface area contributed by atoms with Gasteiger partial charge in [0.15, 0.2) is 5.13 Å². The van der Waals surface area contributed by atoms with Crippen molar-refractivity contribution in [2.75, 3.05) is 17.2 Å². The molecule has 8 nitrogen and oxygen atoms in total. The van der Waals surface area contributed by atoms with Gasteiger partial charge >= 0.3 is 6.61 Å². The van der Waals surface area contributed by atoms with Gasteiger partial charge < -0.3 is 15.4 Å². The normalized spacial score (nSPS) is 10.7. The number of hydrogen-bond acceptors (Lipinski definition) is 7. The zero-order chi connectivity index (χ0) is 22.2. The van der Waals surface area contributed by atoms with E-state index in [1.807, 2.05) is 0 Å². The molecule has 0 radical (unpaired) electrons. The Kier molecular flexibility index (Phi) is 7.44. The van der Waals surface area contributed by atoms with Crippen molar-refractivity contribution in [2.24, 2.45) is 0 Å². The Bertz CT molecular complexity index is 1040. The summed E-state index contributed by atoms with van der Waals surface area (Å²) in [6, 6.07) is 12.3. The zero-order valence-corrected chi connectivity index (χ0v) is 16.9. The summed E-state index contributed by atoms with van der Waals surface area (Å²) in [4.78, 5) is 26.6. The highest BCUT2D eigenvalue weighted by atomic mass is 32.1. The van der Waals surface area contributed by atoms with Crippen molar-refractivity contribution in [1.29, 1.82) is 0 Å². The molecule has 2 N–H and O–H groups in total. The van der Waals surface area contributed by atoms with E-state index in [4.69, 9.17) is 0 Å². The topological polar surface area (TPSA) is 106 Å². The summed E-state index contributed by atoms with van der Waals surface area (Å²) in [6.07, 6.45) is 0.770. The predicted octanol–water partition coefficient (Wildman–Crippen LogP) is 5.15. The number of benzene rings is 2. The van der Waals surface area contributed by atoms with E-state index >= 15 is 0 Å². The van der Waals surface area contributed by atoms with E-state index < -0.39 is 11.5 Å². The smallest absolute Gasteiger partial charge is 0.387 e. The Morgan fingerprint density at radius 3 is 2.65 bits per heavy atom. The van der Waals surface area contributed by atoms with Gasteiger partial charge in [0.2, 0.25) is 5.91 Å². The van der Waals surface area contributed by atoms with Gasteiger partial charge in [0.05, 0.1) is 10.6 Å². The summed E-state index contributed by atoms with van der Waals surface area (Å²) in [7, 11) is 0. The SMILES string of the molecule is O=C(CCCNc1ccc([N+](=O)[O-])cc1)Nc1nc(-c2ccccc2OC(F)F)cs1. The number of rotatable bonds is 10. The molecule has 2 aromatic carbocycles. The van der Waals surface area contributed by atoms with Gasteiger partial charge in [-0.05, 0) is 30.7 Å². The molecule has 0 aliphatic heterocycles. The lowest BCUT2D eigenvalue weighted by Crippen LogP contribution is -2.13. The van der Waals surface area contributed by atoms with Crippen LogP contribution in [0.15, 0.2) is 53.9 Å². The fourth-order valence-electron chi connectivity index (χ4n) is 2.70. The number of hydrogen-bond donors (Lipinski definition) is 2. The Hall–Kier alpha value is -3.60. The van der Waals surface area contributed by atoms with Crippen LogP contribution in [0.25, 0.3) is 11.3 Å². The minimum Gasteiger partial charge on any atom is -0.434 e. The van der Waals surface area contributed by atoms with Crippen LogP contribution in [0.5, 0.6) is 5.75 Å². The van der Waals surface area contributed by atoms with Gasteiger partial charge in [0.25, 0.3) is 5.69 Å². The number of ether oxygens (including phenoxy) is 1. The predicted molar refractivity (Wildman–Crippen MR) is 114 cm³/mol. The number of non-ortho nitro benzene ring substituents is 1. The number of anilines is 2. The van der Waals surface area contributed by atoms with Crippen LogP contribution in [0, 0.1) is 10.1 Å². The van der Waals surface area contributed by atoms with E-state index in [1.165, 1.54) is 29.5 Å². The maximum Gasteiger partial charge on any atom is 0.387 e. The first-order valence-corrected chi connectivity index (χ1v) is 10.1. The number of nitrogens with zero attached hydrogens (tertiary/aromatic N) is 2. The van der Waals surface area contributed by atoms with Crippen molar-refractivity contribution in [2.45, 2.75) is 19.5 Å². The number of para-hydroxylation sites is 1. The number of thiazole rings is 1. The van der Waals surface area contributed by atoms with E-state index in [1.54, 1.807) is 35.7 Å². The summed E-state index contributed by atoms with van der Waals surface area (Å²) in [5, 5.41) is 18.4. The molecule has 31 heavy (non-hydrogen) atoms. The van der Waals surface area contributed by atoms with Gasteiger partial charge in [0, 0.05) is 41.7 Å². The molecule has 3 rings (SSSR count). The molecule has 3 aromatic rings. The van der Waals surface area contributed by atoms with Crippen LogP contribution in [0.4, 0.5) is 25.3 Å². The van der Waals surface area contributed by atoms with E-state index in [0.717, 1.165) is 5.69 Å². The van der Waals surface area contributed by atoms with Gasteiger partial charge in [-0.1, -0.05) is 12.1 Å². The minimum absolute atomic E-state index is 0.0103. The fraction of sp³-hybridized carbons (Fsp3) is 0.200. The molecule has 0 saturated heterocycles. The van der Waals surface area contributed by atoms with Gasteiger partial charge in [-0.15, -0.1) is 11.3 Å². The lowest BCUT2D eigenvalue weighted by atomic mass is 10.1. The number of nitro groups is 1. The highest BCUT2D eigenvalue weighted by Crippen LogP contribution is 2.33. The van der Waals surface area contributed by atoms with Crippen molar-refractivity contribution in [3.05, 3.63) is 64.0 Å². The maximum atomic E-state index is 12.6. The number of carbonyl (C=O) groups excluding carboxylic acids is 1. The van der Waals surface area contributed by atoms with Crippen LogP contribution in [-0.2, 0) is 4.79 Å². The highest BCUT2D eigenvalue weighted by Gasteiger charge is 2.14.